The molecular formula is C15H23NO. The highest BCUT2D eigenvalue weighted by atomic mass is 16.1. The van der Waals surface area contributed by atoms with Crippen molar-refractivity contribution in [2.45, 2.75) is 41.0 Å². The van der Waals surface area contributed by atoms with E-state index in [9.17, 15) is 4.79 Å². The van der Waals surface area contributed by atoms with E-state index in [4.69, 9.17) is 0 Å². The zero-order valence-electron chi connectivity index (χ0n) is 11.5. The first kappa shape index (κ1) is 13.8. The van der Waals surface area contributed by atoms with Crippen LogP contribution in [0, 0.1) is 11.3 Å². The zero-order valence-corrected chi connectivity index (χ0v) is 11.5. The zero-order chi connectivity index (χ0) is 13.1. The highest BCUT2D eigenvalue weighted by Crippen LogP contribution is 2.26. The molecular weight excluding hydrogens is 210 g/mol. The van der Waals surface area contributed by atoms with E-state index in [1.807, 2.05) is 19.1 Å². The van der Waals surface area contributed by atoms with Crippen LogP contribution in [0.15, 0.2) is 24.3 Å². The quantitative estimate of drug-likeness (QED) is 0.843. The van der Waals surface area contributed by atoms with Crippen LogP contribution in [-0.2, 0) is 11.2 Å². The Hall–Kier alpha value is -1.31. The van der Waals surface area contributed by atoms with Crippen LogP contribution in [0.4, 0.5) is 5.69 Å². The maximum Gasteiger partial charge on any atom is 0.227 e. The summed E-state index contributed by atoms with van der Waals surface area (Å²) in [5.74, 6) is 0.0788. The molecule has 0 fully saturated rings. The fraction of sp³-hybridized carbons (Fsp3) is 0.533. The molecule has 17 heavy (non-hydrogen) atoms. The molecule has 0 aliphatic carbocycles. The van der Waals surface area contributed by atoms with Gasteiger partial charge in [-0.2, -0.15) is 0 Å². The Kier molecular flexibility index (Phi) is 4.33. The Morgan fingerprint density at radius 3 is 2.18 bits per heavy atom. The van der Waals surface area contributed by atoms with Crippen molar-refractivity contribution < 1.29 is 4.79 Å². The second kappa shape index (κ2) is 5.35. The molecule has 0 aromatic heterocycles. The van der Waals surface area contributed by atoms with Gasteiger partial charge in [0.25, 0.3) is 0 Å². The first-order valence-corrected chi connectivity index (χ1v) is 6.24. The smallest absolute Gasteiger partial charge is 0.227 e. The van der Waals surface area contributed by atoms with E-state index in [1.54, 1.807) is 0 Å². The molecule has 0 bridgehead atoms. The Labute approximate surface area is 104 Å². The van der Waals surface area contributed by atoms with Crippen LogP contribution in [0.3, 0.4) is 0 Å². The van der Waals surface area contributed by atoms with E-state index in [-0.39, 0.29) is 17.2 Å². The molecule has 0 heterocycles. The van der Waals surface area contributed by atoms with E-state index in [0.717, 1.165) is 12.1 Å². The maximum absolute atomic E-state index is 12.0. The third kappa shape index (κ3) is 3.88. The summed E-state index contributed by atoms with van der Waals surface area (Å²) >= 11 is 0. The van der Waals surface area contributed by atoms with Crippen molar-refractivity contribution in [1.82, 2.24) is 0 Å². The summed E-state index contributed by atoms with van der Waals surface area (Å²) in [5.41, 5.74) is 2.16. The van der Waals surface area contributed by atoms with Crippen molar-refractivity contribution in [1.29, 1.82) is 0 Å². The molecule has 0 saturated carbocycles. The predicted octanol–water partition coefficient (Wildman–Crippen LogP) is 3.87. The molecule has 1 N–H and O–H groups in total. The van der Waals surface area contributed by atoms with Crippen molar-refractivity contribution in [2.75, 3.05) is 5.32 Å². The Morgan fingerprint density at radius 1 is 1.24 bits per heavy atom. The molecule has 2 heteroatoms. The van der Waals surface area contributed by atoms with Gasteiger partial charge in [0.15, 0.2) is 0 Å². The van der Waals surface area contributed by atoms with Crippen LogP contribution >= 0.6 is 0 Å². The Morgan fingerprint density at radius 2 is 1.76 bits per heavy atom. The molecule has 0 aliphatic rings. The molecule has 1 atom stereocenters. The number of aryl methyl sites for hydroxylation is 1. The van der Waals surface area contributed by atoms with Crippen LogP contribution in [0.5, 0.6) is 0 Å². The number of benzene rings is 1. The summed E-state index contributed by atoms with van der Waals surface area (Å²) in [5, 5.41) is 2.96. The molecule has 1 rings (SSSR count). The molecule has 0 aliphatic heterocycles. The lowest BCUT2D eigenvalue weighted by atomic mass is 9.81. The maximum atomic E-state index is 12.0. The molecule has 1 amide bonds. The number of amides is 1. The number of hydrogen-bond donors (Lipinski definition) is 1. The third-order valence-electron chi connectivity index (χ3n) is 3.32. The molecule has 0 spiro atoms. The number of carbonyl (C=O) groups is 1. The fourth-order valence-electron chi connectivity index (χ4n) is 1.47. The van der Waals surface area contributed by atoms with Gasteiger partial charge in [0.2, 0.25) is 5.91 Å². The SMILES string of the molecule is CCc1ccc(NC(=O)C(C)C(C)(C)C)cc1. The molecule has 0 radical (unpaired) electrons. The summed E-state index contributed by atoms with van der Waals surface area (Å²) in [6.45, 7) is 10.3. The van der Waals surface area contributed by atoms with Gasteiger partial charge in [-0.3, -0.25) is 4.79 Å². The standard InChI is InChI=1S/C15H23NO/c1-6-12-7-9-13(10-8-12)16-14(17)11(2)15(3,4)5/h7-11H,6H2,1-5H3,(H,16,17). The number of anilines is 1. The lowest BCUT2D eigenvalue weighted by Gasteiger charge is -2.26. The Balaban J connectivity index is 2.68. The minimum atomic E-state index is -0.00651. The second-order valence-corrected chi connectivity index (χ2v) is 5.63. The van der Waals surface area contributed by atoms with Crippen molar-refractivity contribution in [2.24, 2.45) is 11.3 Å². The van der Waals surface area contributed by atoms with Crippen LogP contribution in [0.1, 0.15) is 40.2 Å². The lowest BCUT2D eigenvalue weighted by Crippen LogP contribution is -2.30. The molecule has 0 saturated heterocycles. The summed E-state index contributed by atoms with van der Waals surface area (Å²) in [7, 11) is 0. The van der Waals surface area contributed by atoms with Gasteiger partial charge in [-0.25, -0.2) is 0 Å². The van der Waals surface area contributed by atoms with Gasteiger partial charge in [-0.05, 0) is 29.5 Å². The summed E-state index contributed by atoms with van der Waals surface area (Å²) in [6, 6.07) is 8.03. The van der Waals surface area contributed by atoms with Crippen molar-refractivity contribution in [3.8, 4) is 0 Å². The van der Waals surface area contributed by atoms with Crippen molar-refractivity contribution in [3.63, 3.8) is 0 Å². The second-order valence-electron chi connectivity index (χ2n) is 5.63. The third-order valence-corrected chi connectivity index (χ3v) is 3.32. The van der Waals surface area contributed by atoms with Gasteiger partial charge in [-0.1, -0.05) is 46.8 Å². The predicted molar refractivity (Wildman–Crippen MR) is 73.1 cm³/mol. The average molecular weight is 233 g/mol. The lowest BCUT2D eigenvalue weighted by molar-refractivity contribution is -0.122. The highest BCUT2D eigenvalue weighted by Gasteiger charge is 2.26. The van der Waals surface area contributed by atoms with Gasteiger partial charge < -0.3 is 5.32 Å². The molecule has 1 aromatic carbocycles. The number of carbonyl (C=O) groups excluding carboxylic acids is 1. The van der Waals surface area contributed by atoms with Gasteiger partial charge in [0.05, 0.1) is 0 Å². The first-order valence-electron chi connectivity index (χ1n) is 6.24. The number of rotatable bonds is 3. The molecule has 1 aromatic rings. The van der Waals surface area contributed by atoms with E-state index in [0.29, 0.717) is 0 Å². The van der Waals surface area contributed by atoms with Gasteiger partial charge in [0, 0.05) is 11.6 Å². The van der Waals surface area contributed by atoms with Gasteiger partial charge in [0.1, 0.15) is 0 Å². The van der Waals surface area contributed by atoms with Crippen molar-refractivity contribution in [3.05, 3.63) is 29.8 Å². The van der Waals surface area contributed by atoms with Crippen LogP contribution in [0.25, 0.3) is 0 Å². The largest absolute Gasteiger partial charge is 0.326 e. The minimum absolute atomic E-state index is 0.00616. The molecule has 2 nitrogen and oxygen atoms in total. The monoisotopic (exact) mass is 233 g/mol. The summed E-state index contributed by atoms with van der Waals surface area (Å²) in [6.07, 6.45) is 1.02. The summed E-state index contributed by atoms with van der Waals surface area (Å²) < 4.78 is 0. The summed E-state index contributed by atoms with van der Waals surface area (Å²) in [4.78, 5) is 12.0. The van der Waals surface area contributed by atoms with Gasteiger partial charge >= 0.3 is 0 Å². The van der Waals surface area contributed by atoms with E-state index < -0.39 is 0 Å². The fourth-order valence-corrected chi connectivity index (χ4v) is 1.47. The molecule has 94 valence electrons. The van der Waals surface area contributed by atoms with Crippen LogP contribution in [0.2, 0.25) is 0 Å². The average Bonchev–Trinajstić information content (AvgIpc) is 2.27. The number of hydrogen-bond acceptors (Lipinski definition) is 1. The van der Waals surface area contributed by atoms with E-state index in [1.165, 1.54) is 5.56 Å². The topological polar surface area (TPSA) is 29.1 Å². The molecule has 1 unspecified atom stereocenters. The van der Waals surface area contributed by atoms with Crippen LogP contribution in [-0.4, -0.2) is 5.91 Å². The van der Waals surface area contributed by atoms with Crippen LogP contribution < -0.4 is 5.32 Å². The highest BCUT2D eigenvalue weighted by molar-refractivity contribution is 5.92. The van der Waals surface area contributed by atoms with Gasteiger partial charge in [-0.15, -0.1) is 0 Å². The van der Waals surface area contributed by atoms with E-state index >= 15 is 0 Å². The minimum Gasteiger partial charge on any atom is -0.326 e. The first-order chi connectivity index (χ1) is 7.84. The normalized spacial score (nSPS) is 13.2. The van der Waals surface area contributed by atoms with Crippen molar-refractivity contribution >= 4 is 11.6 Å². The van der Waals surface area contributed by atoms with E-state index in [2.05, 4.69) is 45.1 Å². The Bertz CT molecular complexity index is 373. The number of nitrogens with one attached hydrogen (secondary N) is 1.